The maximum Gasteiger partial charge on any atom is 0.426 e. The summed E-state index contributed by atoms with van der Waals surface area (Å²) < 4.78 is 0. The Morgan fingerprint density at radius 3 is 1.89 bits per heavy atom. The average Bonchev–Trinajstić information content (AvgIpc) is 1.65. The zero-order valence-corrected chi connectivity index (χ0v) is 7.83. The van der Waals surface area contributed by atoms with Crippen molar-refractivity contribution in [2.24, 2.45) is 0 Å². The second-order valence-corrected chi connectivity index (χ2v) is 6.86. The molecular formula is C8H17Si+3. The van der Waals surface area contributed by atoms with Gasteiger partial charge in [0.15, 0.2) is 6.04 Å². The van der Waals surface area contributed by atoms with Gasteiger partial charge in [-0.1, -0.05) is 0 Å². The SMILES string of the molecule is [CH2+]C[Si+](CC)C([CH2+])(C)C. The molecule has 0 saturated carbocycles. The fourth-order valence-electron chi connectivity index (χ4n) is 0.994. The Morgan fingerprint density at radius 1 is 1.44 bits per heavy atom. The van der Waals surface area contributed by atoms with Crippen molar-refractivity contribution in [1.29, 1.82) is 0 Å². The molecule has 0 aliphatic carbocycles. The molecule has 0 nitrogen and oxygen atoms in total. The summed E-state index contributed by atoms with van der Waals surface area (Å²) in [5.74, 6) is 0. The average molecular weight is 141 g/mol. The molecule has 9 heavy (non-hydrogen) atoms. The minimum atomic E-state index is -0.261. The smallest absolute Gasteiger partial charge is 0.0369 e. The van der Waals surface area contributed by atoms with Crippen LogP contribution in [0, 0.1) is 13.8 Å². The number of rotatable bonds is 3. The molecule has 0 N–H and O–H groups in total. The van der Waals surface area contributed by atoms with Crippen LogP contribution in [0.1, 0.15) is 20.8 Å². The Bertz CT molecular complexity index is 67.1. The molecule has 0 spiro atoms. The molecule has 0 rings (SSSR count). The van der Waals surface area contributed by atoms with Gasteiger partial charge in [-0.25, -0.2) is 0 Å². The maximum atomic E-state index is 4.12. The normalized spacial score (nSPS) is 11.4. The summed E-state index contributed by atoms with van der Waals surface area (Å²) in [6.45, 7) is 14.7. The van der Waals surface area contributed by atoms with Gasteiger partial charge in [-0.15, -0.1) is 0 Å². The molecule has 1 heteroatoms. The highest BCUT2D eigenvalue weighted by Crippen LogP contribution is 2.30. The minimum absolute atomic E-state index is 0.261. The van der Waals surface area contributed by atoms with Crippen molar-refractivity contribution < 1.29 is 0 Å². The van der Waals surface area contributed by atoms with Gasteiger partial charge in [0.25, 0.3) is 0 Å². The summed E-state index contributed by atoms with van der Waals surface area (Å²) >= 11 is 0. The summed E-state index contributed by atoms with van der Waals surface area (Å²) in [5.41, 5.74) is 0. The van der Waals surface area contributed by atoms with Crippen molar-refractivity contribution in [3.8, 4) is 0 Å². The molecule has 0 fully saturated rings. The highest BCUT2D eigenvalue weighted by Gasteiger charge is 2.47. The lowest BCUT2D eigenvalue weighted by Crippen LogP contribution is -2.23. The van der Waals surface area contributed by atoms with Crippen LogP contribution in [0.5, 0.6) is 0 Å². The van der Waals surface area contributed by atoms with E-state index in [0.717, 1.165) is 6.04 Å². The van der Waals surface area contributed by atoms with Gasteiger partial charge in [-0.2, -0.15) is 0 Å². The second-order valence-electron chi connectivity index (χ2n) is 3.09. The van der Waals surface area contributed by atoms with E-state index in [2.05, 4.69) is 34.6 Å². The highest BCUT2D eigenvalue weighted by molar-refractivity contribution is 6.62. The molecule has 0 aromatic carbocycles. The van der Waals surface area contributed by atoms with E-state index in [1.54, 1.807) is 0 Å². The first-order chi connectivity index (χ1) is 4.02. The van der Waals surface area contributed by atoms with E-state index >= 15 is 0 Å². The molecule has 0 aromatic rings. The van der Waals surface area contributed by atoms with E-state index in [0.29, 0.717) is 5.04 Å². The van der Waals surface area contributed by atoms with E-state index in [1.807, 2.05) is 0 Å². The van der Waals surface area contributed by atoms with Crippen LogP contribution in [0.3, 0.4) is 0 Å². The van der Waals surface area contributed by atoms with E-state index in [9.17, 15) is 0 Å². The van der Waals surface area contributed by atoms with Crippen LogP contribution in [0.25, 0.3) is 0 Å². The van der Waals surface area contributed by atoms with Gasteiger partial charge >= 0.3 is 8.80 Å². The van der Waals surface area contributed by atoms with E-state index < -0.39 is 0 Å². The highest BCUT2D eigenvalue weighted by atomic mass is 28.3. The van der Waals surface area contributed by atoms with Crippen LogP contribution >= 0.6 is 0 Å². The minimum Gasteiger partial charge on any atom is -0.0369 e. The molecule has 0 atom stereocenters. The maximum absolute atomic E-state index is 4.12. The summed E-state index contributed by atoms with van der Waals surface area (Å²) in [5, 5.41) is 0.307. The lowest BCUT2D eigenvalue weighted by molar-refractivity contribution is 0.813. The first-order valence-corrected chi connectivity index (χ1v) is 5.43. The third-order valence-electron chi connectivity index (χ3n) is 1.69. The lowest BCUT2D eigenvalue weighted by atomic mass is 10.2. The van der Waals surface area contributed by atoms with Crippen molar-refractivity contribution in [3.63, 3.8) is 0 Å². The molecule has 0 aliphatic heterocycles. The first kappa shape index (κ1) is 8.96. The van der Waals surface area contributed by atoms with Gasteiger partial charge < -0.3 is 0 Å². The van der Waals surface area contributed by atoms with E-state index in [-0.39, 0.29) is 8.80 Å². The van der Waals surface area contributed by atoms with E-state index in [1.165, 1.54) is 6.04 Å². The molecule has 0 heterocycles. The Labute approximate surface area is 61.3 Å². The number of hydrogen-bond acceptors (Lipinski definition) is 0. The topological polar surface area (TPSA) is 0 Å². The molecular weight excluding hydrogens is 124 g/mol. The molecule has 0 saturated heterocycles. The van der Waals surface area contributed by atoms with Crippen LogP contribution < -0.4 is 0 Å². The molecule has 0 amide bonds. The summed E-state index contributed by atoms with van der Waals surface area (Å²) in [6, 6.07) is 2.41. The van der Waals surface area contributed by atoms with Gasteiger partial charge in [0.2, 0.25) is 5.04 Å². The summed E-state index contributed by atoms with van der Waals surface area (Å²) in [7, 11) is -0.261. The fourth-order valence-corrected chi connectivity index (χ4v) is 2.98. The Kier molecular flexibility index (Phi) is 3.19. The van der Waals surface area contributed by atoms with Crippen molar-refractivity contribution in [1.82, 2.24) is 0 Å². The van der Waals surface area contributed by atoms with Crippen LogP contribution in [-0.4, -0.2) is 8.80 Å². The quantitative estimate of drug-likeness (QED) is 0.419. The Morgan fingerprint density at radius 2 is 1.89 bits per heavy atom. The third-order valence-corrected chi connectivity index (χ3v) is 5.06. The van der Waals surface area contributed by atoms with Crippen LogP contribution in [0.4, 0.5) is 0 Å². The summed E-state index contributed by atoms with van der Waals surface area (Å²) in [6.07, 6.45) is 0. The van der Waals surface area contributed by atoms with Crippen LogP contribution in [-0.2, 0) is 0 Å². The van der Waals surface area contributed by atoms with Crippen molar-refractivity contribution in [3.05, 3.63) is 13.8 Å². The Balaban J connectivity index is 3.79. The van der Waals surface area contributed by atoms with Crippen LogP contribution in [0.2, 0.25) is 17.1 Å². The zero-order chi connectivity index (χ0) is 7.49. The number of hydrogen-bond donors (Lipinski definition) is 0. The largest absolute Gasteiger partial charge is 0.426 e. The molecule has 0 unspecified atom stereocenters. The third kappa shape index (κ3) is 2.85. The Hall–Kier alpha value is -0.0431. The van der Waals surface area contributed by atoms with Crippen molar-refractivity contribution in [2.75, 3.05) is 0 Å². The van der Waals surface area contributed by atoms with Gasteiger partial charge in [-0.05, 0) is 6.92 Å². The predicted octanol–water partition coefficient (Wildman–Crippen LogP) is 2.95. The second kappa shape index (κ2) is 3.21. The van der Waals surface area contributed by atoms with Gasteiger partial charge in [0.05, 0.1) is 19.9 Å². The van der Waals surface area contributed by atoms with Crippen LogP contribution in [0.15, 0.2) is 0 Å². The molecule has 0 radical (unpaired) electrons. The van der Waals surface area contributed by atoms with Gasteiger partial charge in [-0.3, -0.25) is 0 Å². The standard InChI is InChI=1S/C8H17Si/c1-6-9(7-2)8(3,4)5/h1,3,6-7H2,2,4-5H3/q+3. The fraction of sp³-hybridized carbons (Fsp3) is 0.750. The summed E-state index contributed by atoms with van der Waals surface area (Å²) in [4.78, 5) is 0. The molecule has 0 aliphatic rings. The predicted molar refractivity (Wildman–Crippen MR) is 45.8 cm³/mol. The van der Waals surface area contributed by atoms with Gasteiger partial charge in [0.1, 0.15) is 0 Å². The zero-order valence-electron chi connectivity index (χ0n) is 6.83. The molecule has 0 aromatic heterocycles. The molecule has 0 bridgehead atoms. The van der Waals surface area contributed by atoms with E-state index in [4.69, 9.17) is 0 Å². The monoisotopic (exact) mass is 141 g/mol. The van der Waals surface area contributed by atoms with Crippen molar-refractivity contribution in [2.45, 2.75) is 37.9 Å². The van der Waals surface area contributed by atoms with Gasteiger partial charge in [0, 0.05) is 13.8 Å². The molecule has 50 valence electrons. The first-order valence-electron chi connectivity index (χ1n) is 3.52. The lowest BCUT2D eigenvalue weighted by Gasteiger charge is -2.03. The van der Waals surface area contributed by atoms with Crippen molar-refractivity contribution >= 4 is 8.80 Å².